The summed E-state index contributed by atoms with van der Waals surface area (Å²) in [6, 6.07) is 0. The molecule has 0 bridgehead atoms. The Hall–Kier alpha value is -0.520. The van der Waals surface area contributed by atoms with Gasteiger partial charge in [0.25, 0.3) is 0 Å². The minimum atomic E-state index is 1.20. The van der Waals surface area contributed by atoms with E-state index >= 15 is 0 Å². The van der Waals surface area contributed by atoms with E-state index in [0.717, 1.165) is 0 Å². The van der Waals surface area contributed by atoms with E-state index in [9.17, 15) is 0 Å². The molecule has 0 aliphatic carbocycles. The average molecular weight is 168 g/mol. The molecule has 0 amide bonds. The predicted molar refractivity (Wildman–Crippen MR) is 59.4 cm³/mol. The fourth-order valence-electron chi connectivity index (χ4n) is 0.892. The monoisotopic (exact) mass is 168 g/mol. The molecule has 0 aliphatic rings. The molecule has 0 fully saturated rings. The second-order valence-corrected chi connectivity index (χ2v) is 2.90. The molecule has 0 aromatic carbocycles. The lowest BCUT2D eigenvalue weighted by atomic mass is 10.1. The highest BCUT2D eigenvalue weighted by Gasteiger charge is 1.84. The highest BCUT2D eigenvalue weighted by Crippen LogP contribution is 2.04. The standard InChI is InChI=1S/C9H18.C3H6/c1-3-5-7-9-8-6-4-2;1-3-2/h3H,1,4-9H2,2H3;3H,1H2,2H3. The molecule has 12 heavy (non-hydrogen) atoms. The fraction of sp³-hybridized carbons (Fsp3) is 0.667. The van der Waals surface area contributed by atoms with Crippen LogP contribution in [0.4, 0.5) is 0 Å². The molecule has 72 valence electrons. The third kappa shape index (κ3) is 22.7. The molecular formula is C12H24. The fourth-order valence-corrected chi connectivity index (χ4v) is 0.892. The smallest absolute Gasteiger partial charge is 0.0353 e. The maximum Gasteiger partial charge on any atom is -0.0353 e. The van der Waals surface area contributed by atoms with Crippen molar-refractivity contribution in [2.75, 3.05) is 0 Å². The molecule has 0 aliphatic heterocycles. The van der Waals surface area contributed by atoms with E-state index in [4.69, 9.17) is 0 Å². The summed E-state index contributed by atoms with van der Waals surface area (Å²) in [5.74, 6) is 0. The Kier molecular flexibility index (Phi) is 19.7. The number of rotatable bonds is 6. The highest BCUT2D eigenvalue weighted by atomic mass is 13.9. The Morgan fingerprint density at radius 2 is 1.50 bits per heavy atom. The van der Waals surface area contributed by atoms with Gasteiger partial charge in [-0.15, -0.1) is 13.2 Å². The first-order valence-corrected chi connectivity index (χ1v) is 5.01. The van der Waals surface area contributed by atoms with Crippen LogP contribution in [0.25, 0.3) is 0 Å². The van der Waals surface area contributed by atoms with Crippen molar-refractivity contribution in [3.8, 4) is 0 Å². The lowest BCUT2D eigenvalue weighted by molar-refractivity contribution is 0.638. The van der Waals surface area contributed by atoms with Gasteiger partial charge in [0.2, 0.25) is 0 Å². The van der Waals surface area contributed by atoms with Gasteiger partial charge >= 0.3 is 0 Å². The normalized spacial score (nSPS) is 8.17. The predicted octanol–water partition coefficient (Wildman–Crippen LogP) is 4.73. The molecule has 0 saturated carbocycles. The van der Waals surface area contributed by atoms with Gasteiger partial charge in [-0.05, 0) is 19.8 Å². The third-order valence-electron chi connectivity index (χ3n) is 1.51. The molecule has 0 nitrogen and oxygen atoms in total. The van der Waals surface area contributed by atoms with E-state index in [1.807, 2.05) is 13.0 Å². The zero-order valence-corrected chi connectivity index (χ0v) is 8.81. The molecule has 0 radical (unpaired) electrons. The Labute approximate surface area is 78.4 Å². The van der Waals surface area contributed by atoms with Gasteiger partial charge in [-0.2, -0.15) is 0 Å². The van der Waals surface area contributed by atoms with Gasteiger partial charge in [-0.3, -0.25) is 0 Å². The molecule has 0 spiro atoms. The highest BCUT2D eigenvalue weighted by molar-refractivity contribution is 4.65. The zero-order chi connectivity index (χ0) is 9.66. The van der Waals surface area contributed by atoms with Crippen molar-refractivity contribution < 1.29 is 0 Å². The summed E-state index contributed by atoms with van der Waals surface area (Å²) in [6.45, 7) is 11.2. The van der Waals surface area contributed by atoms with Crippen LogP contribution in [-0.4, -0.2) is 0 Å². The SMILES string of the molecule is C=CC.C=CCCCCCCC. The van der Waals surface area contributed by atoms with Gasteiger partial charge in [0.05, 0.1) is 0 Å². The Morgan fingerprint density at radius 1 is 1.00 bits per heavy atom. The van der Waals surface area contributed by atoms with Gasteiger partial charge < -0.3 is 0 Å². The van der Waals surface area contributed by atoms with Crippen LogP contribution < -0.4 is 0 Å². The third-order valence-corrected chi connectivity index (χ3v) is 1.51. The molecule has 0 rings (SSSR count). The van der Waals surface area contributed by atoms with Crippen LogP contribution >= 0.6 is 0 Å². The summed E-state index contributed by atoms with van der Waals surface area (Å²) < 4.78 is 0. The molecule has 0 heteroatoms. The van der Waals surface area contributed by atoms with E-state index in [1.165, 1.54) is 38.5 Å². The van der Waals surface area contributed by atoms with E-state index in [0.29, 0.717) is 0 Å². The van der Waals surface area contributed by atoms with Gasteiger partial charge in [0, 0.05) is 0 Å². The van der Waals surface area contributed by atoms with Gasteiger partial charge in [0.15, 0.2) is 0 Å². The summed E-state index contributed by atoms with van der Waals surface area (Å²) in [5.41, 5.74) is 0. The number of hydrogen-bond donors (Lipinski definition) is 0. The maximum absolute atomic E-state index is 3.68. The van der Waals surface area contributed by atoms with Crippen molar-refractivity contribution in [2.45, 2.75) is 52.4 Å². The molecule has 0 unspecified atom stereocenters. The van der Waals surface area contributed by atoms with Crippen LogP contribution in [0.2, 0.25) is 0 Å². The first-order valence-electron chi connectivity index (χ1n) is 5.01. The van der Waals surface area contributed by atoms with Crippen LogP contribution in [0.5, 0.6) is 0 Å². The molecule has 0 saturated heterocycles. The van der Waals surface area contributed by atoms with E-state index in [1.54, 1.807) is 6.08 Å². The summed E-state index contributed by atoms with van der Waals surface area (Å²) in [4.78, 5) is 0. The first-order chi connectivity index (χ1) is 5.83. The molecule has 0 atom stereocenters. The van der Waals surface area contributed by atoms with Crippen molar-refractivity contribution in [3.05, 3.63) is 25.3 Å². The van der Waals surface area contributed by atoms with Crippen molar-refractivity contribution in [2.24, 2.45) is 0 Å². The topological polar surface area (TPSA) is 0 Å². The lowest BCUT2D eigenvalue weighted by Gasteiger charge is -1.94. The summed E-state index contributed by atoms with van der Waals surface area (Å²) in [5, 5.41) is 0. The summed E-state index contributed by atoms with van der Waals surface area (Å²) in [7, 11) is 0. The Balaban J connectivity index is 0. The van der Waals surface area contributed by atoms with Gasteiger partial charge in [0.1, 0.15) is 0 Å². The molecular weight excluding hydrogens is 144 g/mol. The van der Waals surface area contributed by atoms with Crippen LogP contribution in [0, 0.1) is 0 Å². The van der Waals surface area contributed by atoms with Crippen molar-refractivity contribution in [1.29, 1.82) is 0 Å². The Bertz CT molecular complexity index is 82.0. The maximum atomic E-state index is 3.68. The summed E-state index contributed by atoms with van der Waals surface area (Å²) in [6.07, 6.45) is 11.8. The van der Waals surface area contributed by atoms with Crippen LogP contribution in [-0.2, 0) is 0 Å². The molecule has 0 N–H and O–H groups in total. The van der Waals surface area contributed by atoms with Crippen molar-refractivity contribution in [1.82, 2.24) is 0 Å². The van der Waals surface area contributed by atoms with Crippen LogP contribution in [0.1, 0.15) is 52.4 Å². The number of unbranched alkanes of at least 4 members (excludes halogenated alkanes) is 5. The number of allylic oxidation sites excluding steroid dienone is 2. The molecule has 0 aromatic heterocycles. The van der Waals surface area contributed by atoms with Crippen LogP contribution in [0.15, 0.2) is 25.3 Å². The van der Waals surface area contributed by atoms with E-state index in [-0.39, 0.29) is 0 Å². The lowest BCUT2D eigenvalue weighted by Crippen LogP contribution is -1.74. The Morgan fingerprint density at radius 3 is 1.92 bits per heavy atom. The van der Waals surface area contributed by atoms with Gasteiger partial charge in [-0.25, -0.2) is 0 Å². The summed E-state index contributed by atoms with van der Waals surface area (Å²) >= 11 is 0. The van der Waals surface area contributed by atoms with Crippen LogP contribution in [0.3, 0.4) is 0 Å². The first kappa shape index (κ1) is 14.0. The second-order valence-electron chi connectivity index (χ2n) is 2.90. The van der Waals surface area contributed by atoms with Crippen molar-refractivity contribution >= 4 is 0 Å². The minimum Gasteiger partial charge on any atom is -0.103 e. The largest absolute Gasteiger partial charge is 0.103 e. The number of hydrogen-bond acceptors (Lipinski definition) is 0. The van der Waals surface area contributed by atoms with E-state index in [2.05, 4.69) is 20.1 Å². The van der Waals surface area contributed by atoms with Crippen molar-refractivity contribution in [3.63, 3.8) is 0 Å². The molecule has 0 heterocycles. The van der Waals surface area contributed by atoms with Gasteiger partial charge in [-0.1, -0.05) is 44.8 Å². The quantitative estimate of drug-likeness (QED) is 0.397. The second kappa shape index (κ2) is 16.8. The van der Waals surface area contributed by atoms with E-state index < -0.39 is 0 Å². The molecule has 0 aromatic rings. The minimum absolute atomic E-state index is 1.20. The average Bonchev–Trinajstić information content (AvgIpc) is 2.06. The zero-order valence-electron chi connectivity index (χ0n) is 8.81.